The van der Waals surface area contributed by atoms with E-state index in [1.165, 1.54) is 24.3 Å². The van der Waals surface area contributed by atoms with Crippen molar-refractivity contribution in [3.05, 3.63) is 59.9 Å². The van der Waals surface area contributed by atoms with Gasteiger partial charge >= 0.3 is 0 Å². The fourth-order valence-corrected chi connectivity index (χ4v) is 1.76. The zero-order chi connectivity index (χ0) is 15.1. The molecule has 1 amide bonds. The van der Waals surface area contributed by atoms with E-state index >= 15 is 0 Å². The predicted molar refractivity (Wildman–Crippen MR) is 77.8 cm³/mol. The summed E-state index contributed by atoms with van der Waals surface area (Å²) in [5.74, 6) is -0.214. The molecule has 2 rings (SSSR count). The summed E-state index contributed by atoms with van der Waals surface area (Å²) in [4.78, 5) is 11.7. The maximum absolute atomic E-state index is 12.7. The largest absolute Gasteiger partial charge is 0.484 e. The van der Waals surface area contributed by atoms with Gasteiger partial charge in [-0.15, -0.1) is 0 Å². The molecule has 0 aliphatic rings. The Morgan fingerprint density at radius 2 is 1.76 bits per heavy atom. The van der Waals surface area contributed by atoms with Gasteiger partial charge in [0.15, 0.2) is 6.61 Å². The lowest BCUT2D eigenvalue weighted by atomic mass is 10.1. The fourth-order valence-electron chi connectivity index (χ4n) is 1.76. The molecular formula is C16H16FNO3. The molecule has 0 fully saturated rings. The minimum Gasteiger partial charge on any atom is -0.484 e. The van der Waals surface area contributed by atoms with Gasteiger partial charge in [-0.25, -0.2) is 4.39 Å². The third-order valence-electron chi connectivity index (χ3n) is 2.82. The number of halogens is 1. The molecule has 4 nitrogen and oxygen atoms in total. The van der Waals surface area contributed by atoms with Crippen molar-refractivity contribution in [1.82, 2.24) is 0 Å². The lowest BCUT2D eigenvalue weighted by Gasteiger charge is -2.08. The Kier molecular flexibility index (Phi) is 5.29. The number of rotatable bonds is 6. The summed E-state index contributed by atoms with van der Waals surface area (Å²) in [7, 11) is 0. The number of carbonyl (C=O) groups is 1. The van der Waals surface area contributed by atoms with Gasteiger partial charge in [-0.05, 0) is 48.4 Å². The molecule has 0 radical (unpaired) electrons. The van der Waals surface area contributed by atoms with Crippen LogP contribution in [0.4, 0.5) is 10.1 Å². The van der Waals surface area contributed by atoms with Gasteiger partial charge in [-0.1, -0.05) is 12.1 Å². The van der Waals surface area contributed by atoms with Gasteiger partial charge in [0, 0.05) is 12.3 Å². The van der Waals surface area contributed by atoms with Crippen LogP contribution in [0.25, 0.3) is 0 Å². The molecule has 0 aliphatic heterocycles. The zero-order valence-corrected chi connectivity index (χ0v) is 11.4. The zero-order valence-electron chi connectivity index (χ0n) is 11.4. The molecule has 0 atom stereocenters. The summed E-state index contributed by atoms with van der Waals surface area (Å²) in [6, 6.07) is 12.7. The van der Waals surface area contributed by atoms with Crippen LogP contribution in [-0.2, 0) is 11.2 Å². The van der Waals surface area contributed by atoms with Crippen LogP contribution in [0.2, 0.25) is 0 Å². The van der Waals surface area contributed by atoms with Gasteiger partial charge < -0.3 is 15.2 Å². The van der Waals surface area contributed by atoms with Crippen LogP contribution in [0, 0.1) is 5.82 Å². The van der Waals surface area contributed by atoms with Crippen LogP contribution in [0.1, 0.15) is 5.56 Å². The quantitative estimate of drug-likeness (QED) is 0.858. The highest BCUT2D eigenvalue weighted by molar-refractivity contribution is 5.91. The third kappa shape index (κ3) is 4.89. The molecule has 110 valence electrons. The van der Waals surface area contributed by atoms with E-state index in [9.17, 15) is 9.18 Å². The van der Waals surface area contributed by atoms with E-state index in [0.29, 0.717) is 17.9 Å². The maximum atomic E-state index is 12.7. The summed E-state index contributed by atoms with van der Waals surface area (Å²) in [5, 5.41) is 11.5. The van der Waals surface area contributed by atoms with E-state index in [-0.39, 0.29) is 24.9 Å². The molecule has 0 saturated carbocycles. The molecular weight excluding hydrogens is 273 g/mol. The van der Waals surface area contributed by atoms with Gasteiger partial charge in [-0.3, -0.25) is 4.79 Å². The van der Waals surface area contributed by atoms with Crippen molar-refractivity contribution in [2.24, 2.45) is 0 Å². The standard InChI is InChI=1S/C16H16FNO3/c17-13-3-7-15(8-4-13)21-11-16(20)18-14-5-1-12(2-6-14)9-10-19/h1-8,19H,9-11H2,(H,18,20). The van der Waals surface area contributed by atoms with Crippen molar-refractivity contribution in [3.8, 4) is 5.75 Å². The van der Waals surface area contributed by atoms with Crippen LogP contribution in [-0.4, -0.2) is 24.2 Å². The third-order valence-corrected chi connectivity index (χ3v) is 2.82. The molecule has 2 aromatic carbocycles. The highest BCUT2D eigenvalue weighted by atomic mass is 19.1. The Balaban J connectivity index is 1.82. The SMILES string of the molecule is O=C(COc1ccc(F)cc1)Nc1ccc(CCO)cc1. The smallest absolute Gasteiger partial charge is 0.262 e. The lowest BCUT2D eigenvalue weighted by molar-refractivity contribution is -0.118. The first kappa shape index (κ1) is 15.0. The Hall–Kier alpha value is -2.40. The van der Waals surface area contributed by atoms with E-state index in [2.05, 4.69) is 5.32 Å². The van der Waals surface area contributed by atoms with Crippen LogP contribution >= 0.6 is 0 Å². The van der Waals surface area contributed by atoms with Crippen molar-refractivity contribution in [2.45, 2.75) is 6.42 Å². The minimum atomic E-state index is -0.352. The van der Waals surface area contributed by atoms with Crippen LogP contribution in [0.3, 0.4) is 0 Å². The van der Waals surface area contributed by atoms with E-state index in [1.807, 2.05) is 12.1 Å². The number of carbonyl (C=O) groups excluding carboxylic acids is 1. The first-order chi connectivity index (χ1) is 10.2. The van der Waals surface area contributed by atoms with E-state index in [0.717, 1.165) is 5.56 Å². The van der Waals surface area contributed by atoms with E-state index in [1.54, 1.807) is 12.1 Å². The molecule has 0 saturated heterocycles. The van der Waals surface area contributed by atoms with Gasteiger partial charge in [0.05, 0.1) is 0 Å². The van der Waals surface area contributed by atoms with Crippen molar-refractivity contribution in [3.63, 3.8) is 0 Å². The molecule has 5 heteroatoms. The van der Waals surface area contributed by atoms with Gasteiger partial charge in [0.1, 0.15) is 11.6 Å². The first-order valence-electron chi connectivity index (χ1n) is 6.55. The molecule has 2 aromatic rings. The summed E-state index contributed by atoms with van der Waals surface area (Å²) in [6.45, 7) is -0.0543. The first-order valence-corrected chi connectivity index (χ1v) is 6.55. The maximum Gasteiger partial charge on any atom is 0.262 e. The van der Waals surface area contributed by atoms with E-state index in [4.69, 9.17) is 9.84 Å². The van der Waals surface area contributed by atoms with Crippen molar-refractivity contribution in [2.75, 3.05) is 18.5 Å². The normalized spacial score (nSPS) is 10.2. The summed E-state index contributed by atoms with van der Waals surface area (Å²) >= 11 is 0. The number of anilines is 1. The van der Waals surface area contributed by atoms with E-state index < -0.39 is 0 Å². The number of hydrogen-bond acceptors (Lipinski definition) is 3. The number of aliphatic hydroxyl groups excluding tert-OH is 1. The minimum absolute atomic E-state index is 0.0945. The Morgan fingerprint density at radius 1 is 1.10 bits per heavy atom. The average molecular weight is 289 g/mol. The Labute approximate surface area is 122 Å². The number of amides is 1. The van der Waals surface area contributed by atoms with Crippen molar-refractivity contribution < 1.29 is 19.0 Å². The molecule has 0 unspecified atom stereocenters. The fraction of sp³-hybridized carbons (Fsp3) is 0.188. The Morgan fingerprint density at radius 3 is 2.38 bits per heavy atom. The van der Waals surface area contributed by atoms with Crippen molar-refractivity contribution in [1.29, 1.82) is 0 Å². The highest BCUT2D eigenvalue weighted by Crippen LogP contribution is 2.12. The van der Waals surface area contributed by atoms with Gasteiger partial charge in [-0.2, -0.15) is 0 Å². The molecule has 0 bridgehead atoms. The highest BCUT2D eigenvalue weighted by Gasteiger charge is 2.04. The summed E-state index contributed by atoms with van der Waals surface area (Å²) in [6.07, 6.45) is 0.585. The number of benzene rings is 2. The van der Waals surface area contributed by atoms with Gasteiger partial charge in [0.2, 0.25) is 0 Å². The number of nitrogens with one attached hydrogen (secondary N) is 1. The summed E-state index contributed by atoms with van der Waals surface area (Å²) in [5.41, 5.74) is 1.66. The molecule has 0 heterocycles. The number of aliphatic hydroxyl groups is 1. The molecule has 2 N–H and O–H groups in total. The molecule has 0 aliphatic carbocycles. The predicted octanol–water partition coefficient (Wildman–Crippen LogP) is 2.38. The van der Waals surface area contributed by atoms with Crippen molar-refractivity contribution >= 4 is 11.6 Å². The lowest BCUT2D eigenvalue weighted by Crippen LogP contribution is -2.20. The monoisotopic (exact) mass is 289 g/mol. The molecule has 0 spiro atoms. The van der Waals surface area contributed by atoms with Crippen LogP contribution < -0.4 is 10.1 Å². The summed E-state index contributed by atoms with van der Waals surface area (Å²) < 4.78 is 18.0. The molecule has 21 heavy (non-hydrogen) atoms. The number of hydrogen-bond donors (Lipinski definition) is 2. The van der Waals surface area contributed by atoms with Crippen LogP contribution in [0.15, 0.2) is 48.5 Å². The van der Waals surface area contributed by atoms with Gasteiger partial charge in [0.25, 0.3) is 5.91 Å². The van der Waals surface area contributed by atoms with Crippen LogP contribution in [0.5, 0.6) is 5.75 Å². The molecule has 0 aromatic heterocycles. The second-order valence-corrected chi connectivity index (χ2v) is 4.46. The number of ether oxygens (including phenoxy) is 1. The second-order valence-electron chi connectivity index (χ2n) is 4.46. The second kappa shape index (κ2) is 7.40. The Bertz CT molecular complexity index is 581. The average Bonchev–Trinajstić information content (AvgIpc) is 2.49. The topological polar surface area (TPSA) is 58.6 Å².